The molecule has 0 amide bonds. The number of nitrogens with two attached hydrogens (primary N) is 1. The molecule has 5 heteroatoms. The van der Waals surface area contributed by atoms with Crippen molar-refractivity contribution < 1.29 is 0 Å². The van der Waals surface area contributed by atoms with E-state index in [1.165, 1.54) is 0 Å². The van der Waals surface area contributed by atoms with Gasteiger partial charge in [0.1, 0.15) is 0 Å². The van der Waals surface area contributed by atoms with Gasteiger partial charge >= 0.3 is 0 Å². The predicted molar refractivity (Wildman–Crippen MR) is 82.9 cm³/mol. The van der Waals surface area contributed by atoms with E-state index >= 15 is 0 Å². The van der Waals surface area contributed by atoms with Crippen LogP contribution in [0.25, 0.3) is 22.0 Å². The van der Waals surface area contributed by atoms with Gasteiger partial charge < -0.3 is 5.73 Å². The van der Waals surface area contributed by atoms with Gasteiger partial charge in [-0.1, -0.05) is 12.1 Å². The molecule has 0 aliphatic heterocycles. The highest BCUT2D eigenvalue weighted by Gasteiger charge is 2.06. The van der Waals surface area contributed by atoms with Crippen LogP contribution < -0.4 is 5.73 Å². The summed E-state index contributed by atoms with van der Waals surface area (Å²) in [6, 6.07) is 13.6. The largest absolute Gasteiger partial charge is 0.399 e. The summed E-state index contributed by atoms with van der Waals surface area (Å²) in [6.07, 6.45) is 1.77. The molecule has 2 heterocycles. The second-order valence-corrected chi connectivity index (χ2v) is 6.46. The number of hydrogen-bond acceptors (Lipinski definition) is 4. The lowest BCUT2D eigenvalue weighted by molar-refractivity contribution is 1.18. The summed E-state index contributed by atoms with van der Waals surface area (Å²) in [5, 5.41) is 0. The van der Waals surface area contributed by atoms with E-state index in [1.54, 1.807) is 17.5 Å². The molecule has 0 bridgehead atoms. The molecule has 0 saturated carbocycles. The minimum atomic E-state index is 0.689. The molecular weight excluding hydrogens is 322 g/mol. The molecule has 2 aromatic heterocycles. The Bertz CT molecular complexity index is 724. The molecule has 0 aliphatic rings. The van der Waals surface area contributed by atoms with Crippen LogP contribution >= 0.6 is 27.3 Å². The summed E-state index contributed by atoms with van der Waals surface area (Å²) >= 11 is 5.11. The average molecular weight is 332 g/mol. The van der Waals surface area contributed by atoms with Crippen molar-refractivity contribution in [3.8, 4) is 22.0 Å². The molecule has 0 fully saturated rings. The van der Waals surface area contributed by atoms with E-state index in [-0.39, 0.29) is 0 Å². The van der Waals surface area contributed by atoms with Gasteiger partial charge in [-0.3, -0.25) is 0 Å². The third-order valence-electron chi connectivity index (χ3n) is 2.63. The molecule has 0 atom stereocenters. The lowest BCUT2D eigenvalue weighted by Crippen LogP contribution is -1.92. The Hall–Kier alpha value is -1.72. The highest BCUT2D eigenvalue weighted by atomic mass is 79.9. The summed E-state index contributed by atoms with van der Waals surface area (Å²) in [5.41, 5.74) is 8.35. The number of nitrogen functional groups attached to an aromatic ring is 1. The monoisotopic (exact) mass is 331 g/mol. The van der Waals surface area contributed by atoms with Gasteiger partial charge in [0.25, 0.3) is 0 Å². The molecule has 19 heavy (non-hydrogen) atoms. The SMILES string of the molecule is Nc1cccc(-c2nccc(-c3ccc(Br)s3)n2)c1. The molecular formula is C14H10BrN3S. The highest BCUT2D eigenvalue weighted by Crippen LogP contribution is 2.30. The van der Waals surface area contributed by atoms with Crippen LogP contribution in [0.2, 0.25) is 0 Å². The molecule has 0 spiro atoms. The van der Waals surface area contributed by atoms with Gasteiger partial charge in [-0.05, 0) is 46.3 Å². The zero-order valence-corrected chi connectivity index (χ0v) is 12.3. The normalized spacial score (nSPS) is 10.6. The highest BCUT2D eigenvalue weighted by molar-refractivity contribution is 9.11. The molecule has 3 nitrogen and oxygen atoms in total. The third-order valence-corrected chi connectivity index (χ3v) is 4.27. The Morgan fingerprint density at radius 2 is 2.00 bits per heavy atom. The Labute approximate surface area is 123 Å². The molecule has 3 rings (SSSR count). The molecule has 0 unspecified atom stereocenters. The average Bonchev–Trinajstić information content (AvgIpc) is 2.86. The third kappa shape index (κ3) is 2.67. The lowest BCUT2D eigenvalue weighted by Gasteiger charge is -2.03. The molecule has 0 aliphatic carbocycles. The number of thiophene rings is 1. The fourth-order valence-corrected chi connectivity index (χ4v) is 3.12. The number of anilines is 1. The minimum Gasteiger partial charge on any atom is -0.399 e. The number of benzene rings is 1. The van der Waals surface area contributed by atoms with E-state index < -0.39 is 0 Å². The van der Waals surface area contributed by atoms with E-state index in [0.717, 1.165) is 19.9 Å². The summed E-state index contributed by atoms with van der Waals surface area (Å²) in [4.78, 5) is 10.0. The number of hydrogen-bond donors (Lipinski definition) is 1. The Kier molecular flexibility index (Phi) is 3.31. The van der Waals surface area contributed by atoms with Gasteiger partial charge in [0.15, 0.2) is 5.82 Å². The second-order valence-electron chi connectivity index (χ2n) is 3.99. The number of nitrogens with zero attached hydrogens (tertiary/aromatic N) is 2. The summed E-state index contributed by atoms with van der Waals surface area (Å²) in [5.74, 6) is 0.689. The molecule has 3 aromatic rings. The van der Waals surface area contributed by atoms with Crippen molar-refractivity contribution in [1.29, 1.82) is 0 Å². The predicted octanol–water partition coefficient (Wildman–Crippen LogP) is 4.22. The van der Waals surface area contributed by atoms with Gasteiger partial charge in [0.05, 0.1) is 14.4 Å². The van der Waals surface area contributed by atoms with Crippen molar-refractivity contribution in [2.24, 2.45) is 0 Å². The van der Waals surface area contributed by atoms with Crippen molar-refractivity contribution in [3.63, 3.8) is 0 Å². The Morgan fingerprint density at radius 1 is 1.11 bits per heavy atom. The van der Waals surface area contributed by atoms with Crippen LogP contribution in [0.5, 0.6) is 0 Å². The van der Waals surface area contributed by atoms with Crippen molar-refractivity contribution >= 4 is 33.0 Å². The lowest BCUT2D eigenvalue weighted by atomic mass is 10.2. The number of aromatic nitrogens is 2. The van der Waals surface area contributed by atoms with Crippen LogP contribution in [-0.4, -0.2) is 9.97 Å². The van der Waals surface area contributed by atoms with Crippen LogP contribution in [0.4, 0.5) is 5.69 Å². The fourth-order valence-electron chi connectivity index (χ4n) is 1.76. The van der Waals surface area contributed by atoms with Crippen molar-refractivity contribution in [2.75, 3.05) is 5.73 Å². The maximum absolute atomic E-state index is 5.79. The smallest absolute Gasteiger partial charge is 0.159 e. The number of halogens is 1. The van der Waals surface area contributed by atoms with Gasteiger partial charge in [-0.15, -0.1) is 11.3 Å². The Balaban J connectivity index is 2.05. The molecule has 1 aromatic carbocycles. The van der Waals surface area contributed by atoms with Crippen LogP contribution in [-0.2, 0) is 0 Å². The quantitative estimate of drug-likeness (QED) is 0.715. The molecule has 0 radical (unpaired) electrons. The van der Waals surface area contributed by atoms with Crippen LogP contribution in [0.1, 0.15) is 0 Å². The first-order valence-electron chi connectivity index (χ1n) is 5.67. The fraction of sp³-hybridized carbons (Fsp3) is 0. The van der Waals surface area contributed by atoms with E-state index in [2.05, 4.69) is 25.9 Å². The summed E-state index contributed by atoms with van der Waals surface area (Å²) < 4.78 is 1.09. The van der Waals surface area contributed by atoms with Crippen LogP contribution in [0.15, 0.2) is 52.4 Å². The Morgan fingerprint density at radius 3 is 2.74 bits per heavy atom. The summed E-state index contributed by atoms with van der Waals surface area (Å²) in [6.45, 7) is 0. The van der Waals surface area contributed by atoms with E-state index in [0.29, 0.717) is 11.5 Å². The minimum absolute atomic E-state index is 0.689. The standard InChI is InChI=1S/C14H10BrN3S/c15-13-5-4-12(19-13)11-6-7-17-14(18-11)9-2-1-3-10(16)8-9/h1-8H,16H2. The van der Waals surface area contributed by atoms with Crippen LogP contribution in [0, 0.1) is 0 Å². The number of rotatable bonds is 2. The molecule has 94 valence electrons. The first-order valence-corrected chi connectivity index (χ1v) is 7.28. The summed E-state index contributed by atoms with van der Waals surface area (Å²) in [7, 11) is 0. The van der Waals surface area contributed by atoms with Gasteiger partial charge in [-0.2, -0.15) is 0 Å². The zero-order chi connectivity index (χ0) is 13.2. The maximum Gasteiger partial charge on any atom is 0.159 e. The van der Waals surface area contributed by atoms with E-state index in [9.17, 15) is 0 Å². The van der Waals surface area contributed by atoms with Gasteiger partial charge in [0.2, 0.25) is 0 Å². The molecule has 0 saturated heterocycles. The van der Waals surface area contributed by atoms with Crippen molar-refractivity contribution in [3.05, 3.63) is 52.4 Å². The van der Waals surface area contributed by atoms with Crippen molar-refractivity contribution in [2.45, 2.75) is 0 Å². The van der Waals surface area contributed by atoms with Gasteiger partial charge in [-0.25, -0.2) is 9.97 Å². The maximum atomic E-state index is 5.79. The van der Waals surface area contributed by atoms with Crippen molar-refractivity contribution in [1.82, 2.24) is 9.97 Å². The van der Waals surface area contributed by atoms with E-state index in [1.807, 2.05) is 42.5 Å². The van der Waals surface area contributed by atoms with Crippen LogP contribution in [0.3, 0.4) is 0 Å². The first-order chi connectivity index (χ1) is 9.22. The topological polar surface area (TPSA) is 51.8 Å². The van der Waals surface area contributed by atoms with Gasteiger partial charge in [0, 0.05) is 17.4 Å². The second kappa shape index (κ2) is 5.11. The zero-order valence-electron chi connectivity index (χ0n) is 9.88. The van der Waals surface area contributed by atoms with E-state index in [4.69, 9.17) is 5.73 Å². The molecule has 2 N–H and O–H groups in total. The first kappa shape index (κ1) is 12.3.